The van der Waals surface area contributed by atoms with Crippen LogP contribution in [0.1, 0.15) is 64.4 Å². The number of benzene rings is 2. The third kappa shape index (κ3) is 8.42. The Labute approximate surface area is 160 Å². The highest BCUT2D eigenvalue weighted by molar-refractivity contribution is 5.53. The molecule has 0 aliphatic rings. The third-order valence-electron chi connectivity index (χ3n) is 4.85. The van der Waals surface area contributed by atoms with E-state index in [0.717, 1.165) is 6.54 Å². The predicted octanol–water partition coefficient (Wildman–Crippen LogP) is 6.89. The zero-order valence-corrected chi connectivity index (χ0v) is 16.6. The molecule has 2 N–H and O–H groups in total. The van der Waals surface area contributed by atoms with E-state index < -0.39 is 0 Å². The van der Waals surface area contributed by atoms with E-state index in [-0.39, 0.29) is 0 Å². The Kier molecular flexibility index (Phi) is 9.71. The Balaban J connectivity index is 1.59. The normalized spacial score (nSPS) is 11.9. The van der Waals surface area contributed by atoms with E-state index in [9.17, 15) is 0 Å². The summed E-state index contributed by atoms with van der Waals surface area (Å²) in [5.74, 6) is 0. The standard InChI is InChI=1S/C24H36N2/c1-3-4-5-7-12-21(2)26-24-18-16-23(17-19-24)25-20-11-10-15-22-13-8-6-9-14-22/h6,8-9,13-14,16-19,21,25-26H,3-5,7,10-12,15,20H2,1-2H3. The van der Waals surface area contributed by atoms with Gasteiger partial charge in [-0.1, -0.05) is 62.9 Å². The average Bonchev–Trinajstić information content (AvgIpc) is 2.67. The highest BCUT2D eigenvalue weighted by Crippen LogP contribution is 2.16. The molecule has 0 amide bonds. The van der Waals surface area contributed by atoms with Gasteiger partial charge in [0.25, 0.3) is 0 Å². The molecule has 0 saturated carbocycles. The molecule has 0 aliphatic carbocycles. The number of rotatable bonds is 13. The molecule has 2 rings (SSSR count). The van der Waals surface area contributed by atoms with Gasteiger partial charge in [0.05, 0.1) is 0 Å². The van der Waals surface area contributed by atoms with Gasteiger partial charge in [0, 0.05) is 24.0 Å². The van der Waals surface area contributed by atoms with Crippen LogP contribution in [0.3, 0.4) is 0 Å². The second-order valence-electron chi connectivity index (χ2n) is 7.34. The molecule has 0 heterocycles. The lowest BCUT2D eigenvalue weighted by molar-refractivity contribution is 0.594. The van der Waals surface area contributed by atoms with Gasteiger partial charge in [-0.15, -0.1) is 0 Å². The maximum absolute atomic E-state index is 3.61. The first-order valence-electron chi connectivity index (χ1n) is 10.4. The van der Waals surface area contributed by atoms with Crippen molar-refractivity contribution in [3.05, 3.63) is 60.2 Å². The monoisotopic (exact) mass is 352 g/mol. The van der Waals surface area contributed by atoms with Gasteiger partial charge in [0.1, 0.15) is 0 Å². The van der Waals surface area contributed by atoms with Crippen LogP contribution in [0, 0.1) is 0 Å². The molecular formula is C24H36N2. The van der Waals surface area contributed by atoms with Gasteiger partial charge in [-0.2, -0.15) is 0 Å². The Hall–Kier alpha value is -1.96. The summed E-state index contributed by atoms with van der Waals surface area (Å²) in [6, 6.07) is 20.0. The van der Waals surface area contributed by atoms with Gasteiger partial charge in [-0.3, -0.25) is 0 Å². The summed E-state index contributed by atoms with van der Waals surface area (Å²) in [4.78, 5) is 0. The third-order valence-corrected chi connectivity index (χ3v) is 4.85. The Bertz CT molecular complexity index is 577. The van der Waals surface area contributed by atoms with Crippen molar-refractivity contribution in [2.45, 2.75) is 71.3 Å². The molecule has 0 aliphatic heterocycles. The molecule has 1 atom stereocenters. The zero-order valence-electron chi connectivity index (χ0n) is 16.6. The van der Waals surface area contributed by atoms with Crippen molar-refractivity contribution >= 4 is 11.4 Å². The van der Waals surface area contributed by atoms with Crippen LogP contribution in [-0.4, -0.2) is 12.6 Å². The number of aryl methyl sites for hydroxylation is 1. The van der Waals surface area contributed by atoms with E-state index in [1.54, 1.807) is 0 Å². The zero-order chi connectivity index (χ0) is 18.5. The van der Waals surface area contributed by atoms with Crippen molar-refractivity contribution in [2.75, 3.05) is 17.2 Å². The van der Waals surface area contributed by atoms with E-state index in [1.807, 2.05) is 0 Å². The lowest BCUT2D eigenvalue weighted by atomic mass is 10.1. The first-order valence-corrected chi connectivity index (χ1v) is 10.4. The summed E-state index contributed by atoms with van der Waals surface area (Å²) in [5, 5.41) is 7.14. The largest absolute Gasteiger partial charge is 0.385 e. The first kappa shape index (κ1) is 20.4. The lowest BCUT2D eigenvalue weighted by Crippen LogP contribution is -2.14. The van der Waals surface area contributed by atoms with Gasteiger partial charge in [-0.05, 0) is 62.4 Å². The van der Waals surface area contributed by atoms with Crippen LogP contribution < -0.4 is 10.6 Å². The highest BCUT2D eigenvalue weighted by Gasteiger charge is 2.02. The first-order chi connectivity index (χ1) is 12.8. The fourth-order valence-corrected chi connectivity index (χ4v) is 3.25. The van der Waals surface area contributed by atoms with Gasteiger partial charge in [0.15, 0.2) is 0 Å². The SMILES string of the molecule is CCCCCCC(C)Nc1ccc(NCCCCc2ccccc2)cc1. The summed E-state index contributed by atoms with van der Waals surface area (Å²) in [6.07, 6.45) is 10.2. The second kappa shape index (κ2) is 12.4. The molecule has 2 aromatic rings. The Morgan fingerprint density at radius 1 is 0.769 bits per heavy atom. The molecule has 0 saturated heterocycles. The number of anilines is 2. The minimum absolute atomic E-state index is 0.545. The molecule has 2 heteroatoms. The van der Waals surface area contributed by atoms with E-state index >= 15 is 0 Å². The van der Waals surface area contributed by atoms with Gasteiger partial charge in [-0.25, -0.2) is 0 Å². The lowest BCUT2D eigenvalue weighted by Gasteiger charge is -2.15. The minimum Gasteiger partial charge on any atom is -0.385 e. The molecule has 2 nitrogen and oxygen atoms in total. The summed E-state index contributed by atoms with van der Waals surface area (Å²) in [6.45, 7) is 5.58. The molecule has 0 aromatic heterocycles. The van der Waals surface area contributed by atoms with E-state index in [4.69, 9.17) is 0 Å². The van der Waals surface area contributed by atoms with E-state index in [1.165, 1.54) is 68.3 Å². The molecule has 0 radical (unpaired) electrons. The smallest absolute Gasteiger partial charge is 0.0343 e. The van der Waals surface area contributed by atoms with Crippen LogP contribution in [0.4, 0.5) is 11.4 Å². The van der Waals surface area contributed by atoms with Crippen molar-refractivity contribution < 1.29 is 0 Å². The fourth-order valence-electron chi connectivity index (χ4n) is 3.25. The maximum atomic E-state index is 3.61. The van der Waals surface area contributed by atoms with Crippen molar-refractivity contribution in [1.29, 1.82) is 0 Å². The molecule has 0 spiro atoms. The van der Waals surface area contributed by atoms with Gasteiger partial charge < -0.3 is 10.6 Å². The van der Waals surface area contributed by atoms with Crippen LogP contribution in [0.5, 0.6) is 0 Å². The van der Waals surface area contributed by atoms with Crippen molar-refractivity contribution in [3.63, 3.8) is 0 Å². The molecule has 2 aromatic carbocycles. The quantitative estimate of drug-likeness (QED) is 0.383. The van der Waals surface area contributed by atoms with Crippen molar-refractivity contribution in [2.24, 2.45) is 0 Å². The Morgan fingerprint density at radius 3 is 2.23 bits per heavy atom. The molecule has 142 valence electrons. The molecular weight excluding hydrogens is 316 g/mol. The summed E-state index contributed by atoms with van der Waals surface area (Å²) >= 11 is 0. The van der Waals surface area contributed by atoms with E-state index in [2.05, 4.69) is 79.1 Å². The average molecular weight is 353 g/mol. The van der Waals surface area contributed by atoms with Crippen LogP contribution >= 0.6 is 0 Å². The number of hydrogen-bond acceptors (Lipinski definition) is 2. The van der Waals surface area contributed by atoms with E-state index in [0.29, 0.717) is 6.04 Å². The molecule has 0 bridgehead atoms. The van der Waals surface area contributed by atoms with Crippen LogP contribution in [0.25, 0.3) is 0 Å². The molecule has 26 heavy (non-hydrogen) atoms. The topological polar surface area (TPSA) is 24.1 Å². The number of unbranched alkanes of at least 4 members (excludes halogenated alkanes) is 4. The van der Waals surface area contributed by atoms with Crippen LogP contribution in [-0.2, 0) is 6.42 Å². The summed E-state index contributed by atoms with van der Waals surface area (Å²) < 4.78 is 0. The summed E-state index contributed by atoms with van der Waals surface area (Å²) in [5.41, 5.74) is 3.88. The number of hydrogen-bond donors (Lipinski definition) is 2. The highest BCUT2D eigenvalue weighted by atomic mass is 14.9. The molecule has 1 unspecified atom stereocenters. The van der Waals surface area contributed by atoms with Crippen LogP contribution in [0.15, 0.2) is 54.6 Å². The Morgan fingerprint density at radius 2 is 1.50 bits per heavy atom. The minimum atomic E-state index is 0.545. The van der Waals surface area contributed by atoms with Crippen molar-refractivity contribution in [3.8, 4) is 0 Å². The fraction of sp³-hybridized carbons (Fsp3) is 0.500. The molecule has 0 fully saturated rings. The summed E-state index contributed by atoms with van der Waals surface area (Å²) in [7, 11) is 0. The second-order valence-corrected chi connectivity index (χ2v) is 7.34. The van der Waals surface area contributed by atoms with Crippen molar-refractivity contribution in [1.82, 2.24) is 0 Å². The van der Waals surface area contributed by atoms with Gasteiger partial charge >= 0.3 is 0 Å². The van der Waals surface area contributed by atoms with Crippen LogP contribution in [0.2, 0.25) is 0 Å². The predicted molar refractivity (Wildman–Crippen MR) is 116 cm³/mol. The number of nitrogens with one attached hydrogen (secondary N) is 2. The maximum Gasteiger partial charge on any atom is 0.0343 e. The van der Waals surface area contributed by atoms with Gasteiger partial charge in [0.2, 0.25) is 0 Å².